The standard InChI is InChI=1S/C49H92O9/c1-3-5-7-9-11-13-15-17-19-20-21-22-23-24-25-27-29-31-33-35-37-39-55-41-43(42-56-49-48(54)47(53)46(52)44(40-50)58-49)57-45(51)38-36-34-32-30-28-26-18-16-14-12-10-8-6-4-2/h10,12,16,18,43-44,46-50,52-54H,3-9,11,13-15,17,19-42H2,1-2H3/b12-10-,18-16-. The van der Waals surface area contributed by atoms with Gasteiger partial charge in [-0.05, 0) is 38.5 Å². The SMILES string of the molecule is CCCC/C=C\C/C=C\CCCCCCCC(=O)OC(COCCCCCCCCCCCCCCCCCCCCCCC)COC1OC(CO)C(O)C(O)C1O. The Labute approximate surface area is 356 Å². The van der Waals surface area contributed by atoms with Gasteiger partial charge in [0.2, 0.25) is 0 Å². The van der Waals surface area contributed by atoms with Gasteiger partial charge in [0.25, 0.3) is 0 Å². The Bertz CT molecular complexity index is 941. The highest BCUT2D eigenvalue weighted by Crippen LogP contribution is 2.23. The molecule has 0 radical (unpaired) electrons. The number of esters is 1. The zero-order valence-electron chi connectivity index (χ0n) is 37.6. The minimum atomic E-state index is -1.54. The number of aliphatic hydroxyl groups is 4. The van der Waals surface area contributed by atoms with Crippen molar-refractivity contribution in [2.24, 2.45) is 0 Å². The molecule has 9 nitrogen and oxygen atoms in total. The van der Waals surface area contributed by atoms with E-state index in [0.29, 0.717) is 13.0 Å². The van der Waals surface area contributed by atoms with Crippen LogP contribution in [0.5, 0.6) is 0 Å². The van der Waals surface area contributed by atoms with Gasteiger partial charge in [-0.25, -0.2) is 0 Å². The molecule has 0 saturated carbocycles. The third kappa shape index (κ3) is 31.5. The normalized spacial score (nSPS) is 20.4. The molecule has 342 valence electrons. The first-order valence-corrected chi connectivity index (χ1v) is 24.4. The highest BCUT2D eigenvalue weighted by Gasteiger charge is 2.44. The van der Waals surface area contributed by atoms with E-state index in [2.05, 4.69) is 38.2 Å². The van der Waals surface area contributed by atoms with E-state index in [4.69, 9.17) is 18.9 Å². The van der Waals surface area contributed by atoms with Gasteiger partial charge in [-0.2, -0.15) is 0 Å². The van der Waals surface area contributed by atoms with E-state index in [9.17, 15) is 25.2 Å². The summed E-state index contributed by atoms with van der Waals surface area (Å²) < 4.78 is 22.8. The number of aliphatic hydroxyl groups excluding tert-OH is 4. The minimum Gasteiger partial charge on any atom is -0.457 e. The summed E-state index contributed by atoms with van der Waals surface area (Å²) >= 11 is 0. The summed E-state index contributed by atoms with van der Waals surface area (Å²) in [5.41, 5.74) is 0. The molecular weight excluding hydrogens is 733 g/mol. The van der Waals surface area contributed by atoms with Gasteiger partial charge >= 0.3 is 5.97 Å². The molecule has 1 saturated heterocycles. The molecule has 1 aliphatic heterocycles. The Balaban J connectivity index is 2.20. The zero-order valence-corrected chi connectivity index (χ0v) is 37.6. The van der Waals surface area contributed by atoms with Crippen molar-refractivity contribution in [3.05, 3.63) is 24.3 Å². The van der Waals surface area contributed by atoms with Gasteiger partial charge in [0.05, 0.1) is 19.8 Å². The third-order valence-corrected chi connectivity index (χ3v) is 11.4. The quantitative estimate of drug-likeness (QED) is 0.0269. The number of carbonyl (C=O) groups excluding carboxylic acids is 1. The fraction of sp³-hybridized carbons (Fsp3) is 0.898. The van der Waals surface area contributed by atoms with Crippen molar-refractivity contribution in [2.75, 3.05) is 26.4 Å². The van der Waals surface area contributed by atoms with E-state index in [1.165, 1.54) is 141 Å². The summed E-state index contributed by atoms with van der Waals surface area (Å²) in [5.74, 6) is -0.324. The predicted octanol–water partition coefficient (Wildman–Crippen LogP) is 11.4. The number of ether oxygens (including phenoxy) is 4. The lowest BCUT2D eigenvalue weighted by Crippen LogP contribution is -2.59. The lowest BCUT2D eigenvalue weighted by atomic mass is 9.99. The van der Waals surface area contributed by atoms with E-state index < -0.39 is 43.4 Å². The van der Waals surface area contributed by atoms with Crippen molar-refractivity contribution in [1.29, 1.82) is 0 Å². The summed E-state index contributed by atoms with van der Waals surface area (Å²) in [4.78, 5) is 12.8. The number of carbonyl (C=O) groups is 1. The van der Waals surface area contributed by atoms with Crippen LogP contribution in [-0.4, -0.2) is 89.6 Å². The minimum absolute atomic E-state index is 0.115. The fourth-order valence-corrected chi connectivity index (χ4v) is 7.51. The summed E-state index contributed by atoms with van der Waals surface area (Å²) in [6.07, 6.45) is 40.7. The molecule has 0 aromatic carbocycles. The first-order valence-electron chi connectivity index (χ1n) is 24.4. The van der Waals surface area contributed by atoms with E-state index in [1.807, 2.05) is 0 Å². The third-order valence-electron chi connectivity index (χ3n) is 11.4. The summed E-state index contributed by atoms with van der Waals surface area (Å²) in [5, 5.41) is 40.2. The second kappa shape index (κ2) is 41.0. The summed E-state index contributed by atoms with van der Waals surface area (Å²) in [7, 11) is 0. The Morgan fingerprint density at radius 2 is 1.02 bits per heavy atom. The molecule has 1 rings (SSSR count). The van der Waals surface area contributed by atoms with E-state index in [0.717, 1.165) is 57.8 Å². The van der Waals surface area contributed by atoms with Gasteiger partial charge in [0.1, 0.15) is 30.5 Å². The Morgan fingerprint density at radius 1 is 0.552 bits per heavy atom. The molecular formula is C49H92O9. The molecule has 0 aliphatic carbocycles. The molecule has 0 aromatic heterocycles. The number of rotatable bonds is 42. The summed E-state index contributed by atoms with van der Waals surface area (Å²) in [6, 6.07) is 0. The van der Waals surface area contributed by atoms with Gasteiger partial charge in [0.15, 0.2) is 6.29 Å². The van der Waals surface area contributed by atoms with Crippen LogP contribution in [0.2, 0.25) is 0 Å². The number of hydrogen-bond acceptors (Lipinski definition) is 9. The molecule has 1 fully saturated rings. The van der Waals surface area contributed by atoms with Gasteiger partial charge in [-0.3, -0.25) is 4.79 Å². The molecule has 58 heavy (non-hydrogen) atoms. The van der Waals surface area contributed by atoms with Crippen molar-refractivity contribution in [1.82, 2.24) is 0 Å². The van der Waals surface area contributed by atoms with Crippen LogP contribution in [0.15, 0.2) is 24.3 Å². The van der Waals surface area contributed by atoms with Crippen molar-refractivity contribution < 1.29 is 44.2 Å². The Hall–Kier alpha value is -1.33. The van der Waals surface area contributed by atoms with Gasteiger partial charge in [0, 0.05) is 13.0 Å². The van der Waals surface area contributed by atoms with Crippen LogP contribution in [-0.2, 0) is 23.7 Å². The number of allylic oxidation sites excluding steroid dienone is 4. The monoisotopic (exact) mass is 825 g/mol. The van der Waals surface area contributed by atoms with Gasteiger partial charge < -0.3 is 39.4 Å². The average Bonchev–Trinajstić information content (AvgIpc) is 3.22. The van der Waals surface area contributed by atoms with Crippen molar-refractivity contribution >= 4 is 5.97 Å². The maximum atomic E-state index is 12.8. The maximum absolute atomic E-state index is 12.8. The smallest absolute Gasteiger partial charge is 0.306 e. The lowest BCUT2D eigenvalue weighted by Gasteiger charge is -2.39. The Morgan fingerprint density at radius 3 is 1.53 bits per heavy atom. The van der Waals surface area contributed by atoms with Crippen LogP contribution in [0.3, 0.4) is 0 Å². The highest BCUT2D eigenvalue weighted by molar-refractivity contribution is 5.69. The lowest BCUT2D eigenvalue weighted by molar-refractivity contribution is -0.305. The van der Waals surface area contributed by atoms with Gasteiger partial charge in [-0.15, -0.1) is 0 Å². The molecule has 9 heteroatoms. The average molecular weight is 825 g/mol. The first kappa shape index (κ1) is 54.7. The van der Waals surface area contributed by atoms with E-state index in [-0.39, 0.29) is 19.2 Å². The number of unbranched alkanes of at least 4 members (excludes halogenated alkanes) is 27. The van der Waals surface area contributed by atoms with Crippen LogP contribution in [0.25, 0.3) is 0 Å². The number of hydrogen-bond donors (Lipinski definition) is 4. The summed E-state index contributed by atoms with van der Waals surface area (Å²) in [6.45, 7) is 4.54. The molecule has 0 amide bonds. The van der Waals surface area contributed by atoms with Crippen molar-refractivity contribution in [2.45, 2.75) is 256 Å². The van der Waals surface area contributed by atoms with Crippen LogP contribution in [0.4, 0.5) is 0 Å². The van der Waals surface area contributed by atoms with Crippen LogP contribution in [0, 0.1) is 0 Å². The molecule has 0 spiro atoms. The largest absolute Gasteiger partial charge is 0.457 e. The fourth-order valence-electron chi connectivity index (χ4n) is 7.51. The topological polar surface area (TPSA) is 135 Å². The molecule has 0 aromatic rings. The molecule has 6 atom stereocenters. The molecule has 4 N–H and O–H groups in total. The van der Waals surface area contributed by atoms with Crippen LogP contribution in [0.1, 0.15) is 219 Å². The maximum Gasteiger partial charge on any atom is 0.306 e. The molecule has 1 aliphatic rings. The first-order chi connectivity index (χ1) is 28.4. The molecule has 1 heterocycles. The molecule has 6 unspecified atom stereocenters. The van der Waals surface area contributed by atoms with Crippen molar-refractivity contribution in [3.63, 3.8) is 0 Å². The van der Waals surface area contributed by atoms with E-state index >= 15 is 0 Å². The predicted molar refractivity (Wildman–Crippen MR) is 238 cm³/mol. The van der Waals surface area contributed by atoms with Gasteiger partial charge in [-0.1, -0.05) is 199 Å². The van der Waals surface area contributed by atoms with E-state index in [1.54, 1.807) is 0 Å². The zero-order chi connectivity index (χ0) is 42.2. The molecule has 0 bridgehead atoms. The second-order valence-corrected chi connectivity index (χ2v) is 16.9. The highest BCUT2D eigenvalue weighted by atomic mass is 16.7. The second-order valence-electron chi connectivity index (χ2n) is 16.9. The van der Waals surface area contributed by atoms with Crippen LogP contribution >= 0.6 is 0 Å². The van der Waals surface area contributed by atoms with Crippen molar-refractivity contribution in [3.8, 4) is 0 Å². The van der Waals surface area contributed by atoms with Crippen LogP contribution < -0.4 is 0 Å². The Kier molecular flexibility index (Phi) is 38.7.